The van der Waals surface area contributed by atoms with Gasteiger partial charge in [-0.15, -0.1) is 0 Å². The largest absolute Gasteiger partial charge is 0.380 e. The van der Waals surface area contributed by atoms with Crippen molar-refractivity contribution in [1.82, 2.24) is 5.16 Å². The fraction of sp³-hybridized carbons (Fsp3) is 0.357. The Labute approximate surface area is 110 Å². The summed E-state index contributed by atoms with van der Waals surface area (Å²) in [7, 11) is 0. The predicted molar refractivity (Wildman–Crippen MR) is 69.4 cm³/mol. The van der Waals surface area contributed by atoms with E-state index in [9.17, 15) is 8.78 Å². The molecule has 5 heteroatoms. The van der Waals surface area contributed by atoms with Crippen molar-refractivity contribution in [3.63, 3.8) is 0 Å². The van der Waals surface area contributed by atoms with E-state index >= 15 is 0 Å². The standard InChI is InChI=1S/C14H16F2N2O/c1-3-8(2)4-12-13(14(17)18-19-12)9-5-10(15)7-11(16)6-9/h5-8H,3-4H2,1-2H3,(H2,17,18). The number of hydrogen-bond acceptors (Lipinski definition) is 3. The van der Waals surface area contributed by atoms with E-state index < -0.39 is 11.6 Å². The summed E-state index contributed by atoms with van der Waals surface area (Å²) in [4.78, 5) is 0. The van der Waals surface area contributed by atoms with Crippen molar-refractivity contribution in [3.8, 4) is 11.1 Å². The molecular weight excluding hydrogens is 250 g/mol. The minimum Gasteiger partial charge on any atom is -0.380 e. The molecule has 1 heterocycles. The van der Waals surface area contributed by atoms with E-state index in [2.05, 4.69) is 19.0 Å². The smallest absolute Gasteiger partial charge is 0.175 e. The topological polar surface area (TPSA) is 52.0 Å². The number of rotatable bonds is 4. The Bertz CT molecular complexity index is 561. The maximum atomic E-state index is 13.3. The summed E-state index contributed by atoms with van der Waals surface area (Å²) in [6, 6.07) is 3.28. The lowest BCUT2D eigenvalue weighted by Gasteiger charge is -2.07. The van der Waals surface area contributed by atoms with Crippen LogP contribution in [0.15, 0.2) is 22.7 Å². The van der Waals surface area contributed by atoms with E-state index in [1.54, 1.807) is 0 Å². The van der Waals surface area contributed by atoms with Gasteiger partial charge in [0.15, 0.2) is 5.82 Å². The lowest BCUT2D eigenvalue weighted by Crippen LogP contribution is -1.99. The van der Waals surface area contributed by atoms with Gasteiger partial charge in [0.1, 0.15) is 17.4 Å². The summed E-state index contributed by atoms with van der Waals surface area (Å²) in [6.45, 7) is 4.13. The van der Waals surface area contributed by atoms with Crippen LogP contribution in [0.3, 0.4) is 0 Å². The van der Waals surface area contributed by atoms with Crippen LogP contribution in [0.5, 0.6) is 0 Å². The zero-order valence-electron chi connectivity index (χ0n) is 10.9. The number of benzene rings is 1. The molecule has 0 saturated carbocycles. The molecule has 0 spiro atoms. The minimum absolute atomic E-state index is 0.156. The van der Waals surface area contributed by atoms with Gasteiger partial charge < -0.3 is 10.3 Å². The highest BCUT2D eigenvalue weighted by Gasteiger charge is 2.18. The number of anilines is 1. The van der Waals surface area contributed by atoms with Crippen molar-refractivity contribution < 1.29 is 13.3 Å². The van der Waals surface area contributed by atoms with Gasteiger partial charge in [0.25, 0.3) is 0 Å². The van der Waals surface area contributed by atoms with E-state index in [0.717, 1.165) is 12.5 Å². The number of halogens is 2. The summed E-state index contributed by atoms with van der Waals surface area (Å²) in [5.41, 5.74) is 6.58. The molecule has 0 aliphatic heterocycles. The molecule has 1 unspecified atom stereocenters. The van der Waals surface area contributed by atoms with Crippen LogP contribution in [0, 0.1) is 17.6 Å². The van der Waals surface area contributed by atoms with Gasteiger partial charge in [-0.2, -0.15) is 0 Å². The van der Waals surface area contributed by atoms with Crippen molar-refractivity contribution in [2.24, 2.45) is 5.92 Å². The fourth-order valence-corrected chi connectivity index (χ4v) is 1.95. The second kappa shape index (κ2) is 5.38. The van der Waals surface area contributed by atoms with Crippen LogP contribution in [-0.4, -0.2) is 5.16 Å². The first-order valence-corrected chi connectivity index (χ1v) is 6.21. The fourth-order valence-electron chi connectivity index (χ4n) is 1.95. The third-order valence-corrected chi connectivity index (χ3v) is 3.17. The average Bonchev–Trinajstić information content (AvgIpc) is 2.69. The number of aromatic nitrogens is 1. The molecule has 2 rings (SSSR count). The van der Waals surface area contributed by atoms with E-state index in [4.69, 9.17) is 10.3 Å². The first-order valence-electron chi connectivity index (χ1n) is 6.21. The van der Waals surface area contributed by atoms with E-state index in [0.29, 0.717) is 29.2 Å². The Morgan fingerprint density at radius 3 is 2.47 bits per heavy atom. The average molecular weight is 266 g/mol. The molecule has 1 aromatic heterocycles. The zero-order chi connectivity index (χ0) is 14.0. The van der Waals surface area contributed by atoms with Gasteiger partial charge in [-0.1, -0.05) is 25.4 Å². The maximum absolute atomic E-state index is 13.3. The molecular formula is C14H16F2N2O. The second-order valence-electron chi connectivity index (χ2n) is 4.74. The quantitative estimate of drug-likeness (QED) is 0.916. The van der Waals surface area contributed by atoms with E-state index in [1.807, 2.05) is 0 Å². The number of nitrogens with two attached hydrogens (primary N) is 1. The molecule has 1 atom stereocenters. The zero-order valence-corrected chi connectivity index (χ0v) is 10.9. The highest BCUT2D eigenvalue weighted by molar-refractivity contribution is 5.75. The molecule has 2 aromatic rings. The molecule has 0 saturated heterocycles. The first kappa shape index (κ1) is 13.5. The van der Waals surface area contributed by atoms with Crippen LogP contribution in [0.1, 0.15) is 26.0 Å². The Balaban J connectivity index is 2.46. The van der Waals surface area contributed by atoms with Crippen LogP contribution in [-0.2, 0) is 6.42 Å². The van der Waals surface area contributed by atoms with Gasteiger partial charge >= 0.3 is 0 Å². The van der Waals surface area contributed by atoms with Crippen LogP contribution in [0.4, 0.5) is 14.6 Å². The Morgan fingerprint density at radius 2 is 1.89 bits per heavy atom. The molecule has 2 N–H and O–H groups in total. The number of nitrogens with zero attached hydrogens (tertiary/aromatic N) is 1. The molecule has 0 aliphatic rings. The van der Waals surface area contributed by atoms with E-state index in [1.165, 1.54) is 12.1 Å². The van der Waals surface area contributed by atoms with Gasteiger partial charge in [-0.3, -0.25) is 0 Å². The van der Waals surface area contributed by atoms with Gasteiger partial charge in [0.05, 0.1) is 5.56 Å². The Kier molecular flexibility index (Phi) is 3.83. The van der Waals surface area contributed by atoms with E-state index in [-0.39, 0.29) is 5.82 Å². The molecule has 0 aliphatic carbocycles. The lowest BCUT2D eigenvalue weighted by atomic mass is 9.97. The Morgan fingerprint density at radius 1 is 1.26 bits per heavy atom. The van der Waals surface area contributed by atoms with Crippen LogP contribution < -0.4 is 5.73 Å². The summed E-state index contributed by atoms with van der Waals surface area (Å²) in [5, 5.41) is 3.70. The van der Waals surface area contributed by atoms with Gasteiger partial charge in [-0.25, -0.2) is 8.78 Å². The van der Waals surface area contributed by atoms with Crippen molar-refractivity contribution in [3.05, 3.63) is 35.6 Å². The molecule has 1 aromatic carbocycles. The molecule has 0 radical (unpaired) electrons. The monoisotopic (exact) mass is 266 g/mol. The number of nitrogen functional groups attached to an aromatic ring is 1. The first-order chi connectivity index (χ1) is 9.01. The molecule has 0 fully saturated rings. The maximum Gasteiger partial charge on any atom is 0.175 e. The molecule has 0 amide bonds. The third kappa shape index (κ3) is 2.92. The summed E-state index contributed by atoms with van der Waals surface area (Å²) in [5.74, 6) is -0.195. The second-order valence-corrected chi connectivity index (χ2v) is 4.74. The molecule has 102 valence electrons. The van der Waals surface area contributed by atoms with Crippen molar-refractivity contribution in [2.75, 3.05) is 5.73 Å². The number of hydrogen-bond donors (Lipinski definition) is 1. The van der Waals surface area contributed by atoms with Crippen molar-refractivity contribution in [1.29, 1.82) is 0 Å². The van der Waals surface area contributed by atoms with Crippen molar-refractivity contribution in [2.45, 2.75) is 26.7 Å². The highest BCUT2D eigenvalue weighted by Crippen LogP contribution is 2.32. The van der Waals surface area contributed by atoms with Crippen LogP contribution in [0.2, 0.25) is 0 Å². The Hall–Kier alpha value is -1.91. The third-order valence-electron chi connectivity index (χ3n) is 3.17. The molecule has 19 heavy (non-hydrogen) atoms. The van der Waals surface area contributed by atoms with Gasteiger partial charge in [0.2, 0.25) is 0 Å². The highest BCUT2D eigenvalue weighted by atomic mass is 19.1. The summed E-state index contributed by atoms with van der Waals surface area (Å²) < 4.78 is 31.7. The van der Waals surface area contributed by atoms with Crippen molar-refractivity contribution >= 4 is 5.82 Å². The van der Waals surface area contributed by atoms with Gasteiger partial charge in [-0.05, 0) is 23.6 Å². The van der Waals surface area contributed by atoms with Crippen LogP contribution >= 0.6 is 0 Å². The minimum atomic E-state index is -0.648. The predicted octanol–water partition coefficient (Wildman–Crippen LogP) is 3.79. The summed E-state index contributed by atoms with van der Waals surface area (Å²) >= 11 is 0. The SMILES string of the molecule is CCC(C)Cc1onc(N)c1-c1cc(F)cc(F)c1. The summed E-state index contributed by atoms with van der Waals surface area (Å²) in [6.07, 6.45) is 1.60. The molecule has 3 nitrogen and oxygen atoms in total. The lowest BCUT2D eigenvalue weighted by molar-refractivity contribution is 0.364. The van der Waals surface area contributed by atoms with Crippen LogP contribution in [0.25, 0.3) is 11.1 Å². The van der Waals surface area contributed by atoms with Gasteiger partial charge in [0, 0.05) is 12.5 Å². The normalized spacial score (nSPS) is 12.6. The molecule has 0 bridgehead atoms.